The molecule has 0 fully saturated rings. The number of sulfonamides is 1. The fraction of sp³-hybridized carbons (Fsp3) is 0.353. The maximum atomic E-state index is 11.6. The third-order valence-corrected chi connectivity index (χ3v) is 5.30. The standard InChI is InChI=1S/C17H21N5O4S/c1-3-11-27(23,24)18-9-10-26-16-8-7-15-19-20-17(22(15)21-16)13-5-4-6-14(12-13)25-2/h4-8,12,18H,3,9-11H2,1-2H3. The Kier molecular flexibility index (Phi) is 5.87. The Hall–Kier alpha value is -2.72. The van der Waals surface area contributed by atoms with Crippen molar-refractivity contribution in [3.05, 3.63) is 36.4 Å². The van der Waals surface area contributed by atoms with Gasteiger partial charge in [-0.15, -0.1) is 15.3 Å². The lowest BCUT2D eigenvalue weighted by molar-refractivity contribution is 0.306. The Morgan fingerprint density at radius 1 is 1.19 bits per heavy atom. The van der Waals surface area contributed by atoms with Gasteiger partial charge in [-0.3, -0.25) is 0 Å². The van der Waals surface area contributed by atoms with E-state index in [1.807, 2.05) is 31.2 Å². The van der Waals surface area contributed by atoms with E-state index >= 15 is 0 Å². The van der Waals surface area contributed by atoms with Crippen molar-refractivity contribution >= 4 is 15.7 Å². The highest BCUT2D eigenvalue weighted by Crippen LogP contribution is 2.23. The highest BCUT2D eigenvalue weighted by molar-refractivity contribution is 7.89. The molecule has 3 rings (SSSR count). The maximum absolute atomic E-state index is 11.6. The van der Waals surface area contributed by atoms with Gasteiger partial charge in [-0.2, -0.15) is 4.52 Å². The molecular formula is C17H21N5O4S. The van der Waals surface area contributed by atoms with Crippen molar-refractivity contribution in [1.82, 2.24) is 24.5 Å². The molecule has 0 amide bonds. The summed E-state index contributed by atoms with van der Waals surface area (Å²) in [4.78, 5) is 0. The number of methoxy groups -OCH3 is 1. The molecule has 0 aliphatic carbocycles. The number of hydrogen-bond donors (Lipinski definition) is 1. The van der Waals surface area contributed by atoms with Crippen LogP contribution in [0.1, 0.15) is 13.3 Å². The van der Waals surface area contributed by atoms with E-state index in [2.05, 4.69) is 20.0 Å². The highest BCUT2D eigenvalue weighted by Gasteiger charge is 2.12. The van der Waals surface area contributed by atoms with Gasteiger partial charge in [0.25, 0.3) is 0 Å². The molecule has 3 aromatic rings. The number of hydrogen-bond acceptors (Lipinski definition) is 7. The molecule has 0 atom stereocenters. The molecule has 0 saturated carbocycles. The van der Waals surface area contributed by atoms with Crippen LogP contribution in [0.3, 0.4) is 0 Å². The Morgan fingerprint density at radius 3 is 2.81 bits per heavy atom. The van der Waals surface area contributed by atoms with Crippen molar-refractivity contribution < 1.29 is 17.9 Å². The minimum absolute atomic E-state index is 0.0990. The fourth-order valence-corrected chi connectivity index (χ4v) is 3.56. The van der Waals surface area contributed by atoms with Crippen LogP contribution >= 0.6 is 0 Å². The summed E-state index contributed by atoms with van der Waals surface area (Å²) >= 11 is 0. The van der Waals surface area contributed by atoms with E-state index in [9.17, 15) is 8.42 Å². The van der Waals surface area contributed by atoms with E-state index in [0.29, 0.717) is 29.5 Å². The van der Waals surface area contributed by atoms with E-state index in [4.69, 9.17) is 9.47 Å². The summed E-state index contributed by atoms with van der Waals surface area (Å²) in [5.74, 6) is 1.71. The lowest BCUT2D eigenvalue weighted by Crippen LogP contribution is -2.30. The van der Waals surface area contributed by atoms with Crippen molar-refractivity contribution in [3.8, 4) is 23.0 Å². The first-order chi connectivity index (χ1) is 13.0. The van der Waals surface area contributed by atoms with Gasteiger partial charge in [0.05, 0.1) is 12.9 Å². The lowest BCUT2D eigenvalue weighted by Gasteiger charge is -2.08. The van der Waals surface area contributed by atoms with Crippen molar-refractivity contribution in [3.63, 3.8) is 0 Å². The molecule has 2 heterocycles. The smallest absolute Gasteiger partial charge is 0.231 e. The molecular weight excluding hydrogens is 370 g/mol. The van der Waals surface area contributed by atoms with E-state index < -0.39 is 10.0 Å². The summed E-state index contributed by atoms with van der Waals surface area (Å²) in [5, 5.41) is 12.7. The Morgan fingerprint density at radius 2 is 2.04 bits per heavy atom. The predicted octanol–water partition coefficient (Wildman–Crippen LogP) is 1.51. The van der Waals surface area contributed by atoms with Crippen LogP contribution in [0, 0.1) is 0 Å². The highest BCUT2D eigenvalue weighted by atomic mass is 32.2. The minimum Gasteiger partial charge on any atom is -0.497 e. The number of nitrogens with one attached hydrogen (secondary N) is 1. The Labute approximate surface area is 157 Å². The molecule has 9 nitrogen and oxygen atoms in total. The molecule has 0 radical (unpaired) electrons. The van der Waals surface area contributed by atoms with Crippen LogP contribution in [0.2, 0.25) is 0 Å². The molecule has 2 aromatic heterocycles. The second-order valence-corrected chi connectivity index (χ2v) is 7.69. The molecule has 0 saturated heterocycles. The SMILES string of the molecule is CCCS(=O)(=O)NCCOc1ccc2nnc(-c3cccc(OC)c3)n2n1. The van der Waals surface area contributed by atoms with Gasteiger partial charge in [-0.1, -0.05) is 19.1 Å². The number of aromatic nitrogens is 4. The topological polar surface area (TPSA) is 108 Å². The minimum atomic E-state index is -3.25. The van der Waals surface area contributed by atoms with Crippen LogP contribution in [0.5, 0.6) is 11.6 Å². The molecule has 1 aromatic carbocycles. The zero-order valence-electron chi connectivity index (χ0n) is 15.1. The molecule has 0 aliphatic heterocycles. The average Bonchev–Trinajstić information content (AvgIpc) is 3.08. The van der Waals surface area contributed by atoms with Crippen molar-refractivity contribution in [2.45, 2.75) is 13.3 Å². The zero-order chi connectivity index (χ0) is 19.3. The third-order valence-electron chi connectivity index (χ3n) is 3.71. The average molecular weight is 391 g/mol. The quantitative estimate of drug-likeness (QED) is 0.551. The Bertz CT molecular complexity index is 1020. The van der Waals surface area contributed by atoms with Crippen molar-refractivity contribution in [1.29, 1.82) is 0 Å². The fourth-order valence-electron chi connectivity index (χ4n) is 2.48. The summed E-state index contributed by atoms with van der Waals surface area (Å²) in [6.45, 7) is 2.15. The number of fused-ring (bicyclic) bond motifs is 1. The second kappa shape index (κ2) is 8.31. The van der Waals surface area contributed by atoms with Gasteiger partial charge in [0.15, 0.2) is 11.5 Å². The number of ether oxygens (including phenoxy) is 2. The van der Waals surface area contributed by atoms with Gasteiger partial charge in [-0.25, -0.2) is 13.1 Å². The summed E-state index contributed by atoms with van der Waals surface area (Å²) in [6.07, 6.45) is 0.565. The van der Waals surface area contributed by atoms with Crippen molar-refractivity contribution in [2.24, 2.45) is 0 Å². The maximum Gasteiger partial charge on any atom is 0.231 e. The van der Waals surface area contributed by atoms with Gasteiger partial charge >= 0.3 is 0 Å². The van der Waals surface area contributed by atoms with Crippen molar-refractivity contribution in [2.75, 3.05) is 26.0 Å². The van der Waals surface area contributed by atoms with Crippen LogP contribution in [-0.4, -0.2) is 54.2 Å². The van der Waals surface area contributed by atoms with Gasteiger partial charge in [0.2, 0.25) is 15.9 Å². The molecule has 0 bridgehead atoms. The first kappa shape index (κ1) is 19.1. The molecule has 0 aliphatic rings. The van der Waals surface area contributed by atoms with Gasteiger partial charge in [0.1, 0.15) is 12.4 Å². The molecule has 0 unspecified atom stereocenters. The van der Waals surface area contributed by atoms with Crippen LogP contribution < -0.4 is 14.2 Å². The van der Waals surface area contributed by atoms with Crippen LogP contribution in [0.25, 0.3) is 17.0 Å². The van der Waals surface area contributed by atoms with Crippen LogP contribution in [0.15, 0.2) is 36.4 Å². The number of nitrogens with zero attached hydrogens (tertiary/aromatic N) is 4. The van der Waals surface area contributed by atoms with E-state index in [-0.39, 0.29) is 18.9 Å². The van der Waals surface area contributed by atoms with Gasteiger partial charge in [0, 0.05) is 18.2 Å². The summed E-state index contributed by atoms with van der Waals surface area (Å²) in [5.41, 5.74) is 1.38. The summed E-state index contributed by atoms with van der Waals surface area (Å²) < 4.78 is 38.1. The number of rotatable bonds is 9. The van der Waals surface area contributed by atoms with Crippen LogP contribution in [0.4, 0.5) is 0 Å². The summed E-state index contributed by atoms with van der Waals surface area (Å²) in [6, 6.07) is 10.8. The van der Waals surface area contributed by atoms with E-state index in [0.717, 1.165) is 5.56 Å². The zero-order valence-corrected chi connectivity index (χ0v) is 15.9. The third kappa shape index (κ3) is 4.72. The molecule has 1 N–H and O–H groups in total. The molecule has 27 heavy (non-hydrogen) atoms. The molecule has 10 heteroatoms. The first-order valence-corrected chi connectivity index (χ1v) is 10.1. The second-order valence-electron chi connectivity index (χ2n) is 5.76. The van der Waals surface area contributed by atoms with Gasteiger partial charge in [-0.05, 0) is 24.6 Å². The normalized spacial score (nSPS) is 11.6. The monoisotopic (exact) mass is 391 g/mol. The Balaban J connectivity index is 1.73. The van der Waals surface area contributed by atoms with Crippen LogP contribution in [-0.2, 0) is 10.0 Å². The first-order valence-electron chi connectivity index (χ1n) is 8.49. The van der Waals surface area contributed by atoms with E-state index in [1.54, 1.807) is 23.8 Å². The largest absolute Gasteiger partial charge is 0.497 e. The predicted molar refractivity (Wildman–Crippen MR) is 100 cm³/mol. The molecule has 0 spiro atoms. The van der Waals surface area contributed by atoms with E-state index in [1.165, 1.54) is 0 Å². The van der Waals surface area contributed by atoms with Gasteiger partial charge < -0.3 is 9.47 Å². The number of benzene rings is 1. The molecule has 144 valence electrons. The lowest BCUT2D eigenvalue weighted by atomic mass is 10.2. The summed E-state index contributed by atoms with van der Waals surface area (Å²) in [7, 11) is -1.65.